The molecular weight excluding hydrogens is 484 g/mol. The van der Waals surface area contributed by atoms with E-state index < -0.39 is 12.0 Å². The molecule has 2 aromatic rings. The summed E-state index contributed by atoms with van der Waals surface area (Å²) in [6.45, 7) is 0.846. The molecule has 0 unspecified atom stereocenters. The molecule has 1 aliphatic heterocycles. The second-order valence-electron chi connectivity index (χ2n) is 9.34. The first-order chi connectivity index (χ1) is 18.6. The number of allylic oxidation sites excluding steroid dienone is 2. The van der Waals surface area contributed by atoms with Crippen LogP contribution >= 0.6 is 0 Å². The van der Waals surface area contributed by atoms with Gasteiger partial charge in [-0.25, -0.2) is 0 Å². The molecule has 0 fully saturated rings. The smallest absolute Gasteiger partial charge is 0.309 e. The normalized spacial score (nSPS) is 20.8. The molecule has 3 N–H and O–H groups in total. The van der Waals surface area contributed by atoms with Gasteiger partial charge >= 0.3 is 5.97 Å². The largest absolute Gasteiger partial charge is 0.455 e. The van der Waals surface area contributed by atoms with Crippen LogP contribution in [0.2, 0.25) is 0 Å². The van der Waals surface area contributed by atoms with E-state index in [2.05, 4.69) is 10.6 Å². The third-order valence-electron chi connectivity index (χ3n) is 6.43. The SMILES string of the molecule is O=C(C[C@H]1CC=CCC[C@H](Cc2ccccc2)C(=O)O[C@H](c2ccccc2)CNC1=O)NCCOCCO. The van der Waals surface area contributed by atoms with Crippen LogP contribution in [0.1, 0.15) is 42.9 Å². The van der Waals surface area contributed by atoms with Gasteiger partial charge in [0.05, 0.1) is 38.2 Å². The number of aliphatic hydroxyl groups excluding tert-OH is 1. The van der Waals surface area contributed by atoms with Gasteiger partial charge in [0.15, 0.2) is 0 Å². The molecule has 8 nitrogen and oxygen atoms in total. The van der Waals surface area contributed by atoms with Crippen molar-refractivity contribution in [2.75, 3.05) is 32.9 Å². The molecule has 0 saturated carbocycles. The van der Waals surface area contributed by atoms with Crippen molar-refractivity contribution in [2.24, 2.45) is 11.8 Å². The van der Waals surface area contributed by atoms with Crippen LogP contribution in [0.3, 0.4) is 0 Å². The van der Waals surface area contributed by atoms with Crippen molar-refractivity contribution in [1.29, 1.82) is 0 Å². The predicted octanol–water partition coefficient (Wildman–Crippen LogP) is 3.12. The summed E-state index contributed by atoms with van der Waals surface area (Å²) in [7, 11) is 0. The first kappa shape index (κ1) is 29.1. The minimum atomic E-state index is -0.641. The van der Waals surface area contributed by atoms with Crippen molar-refractivity contribution in [1.82, 2.24) is 10.6 Å². The molecule has 0 saturated heterocycles. The molecule has 38 heavy (non-hydrogen) atoms. The van der Waals surface area contributed by atoms with E-state index in [-0.39, 0.29) is 56.5 Å². The first-order valence-corrected chi connectivity index (χ1v) is 13.2. The molecule has 0 bridgehead atoms. The molecule has 3 atom stereocenters. The first-order valence-electron chi connectivity index (χ1n) is 13.2. The Balaban J connectivity index is 1.72. The highest BCUT2D eigenvalue weighted by Crippen LogP contribution is 2.24. The van der Waals surface area contributed by atoms with Gasteiger partial charge in [-0.3, -0.25) is 14.4 Å². The van der Waals surface area contributed by atoms with E-state index in [0.717, 1.165) is 11.1 Å². The molecule has 1 heterocycles. The minimum Gasteiger partial charge on any atom is -0.455 e. The number of aliphatic hydroxyl groups is 1. The number of ether oxygens (including phenoxy) is 2. The number of cyclic esters (lactones) is 1. The topological polar surface area (TPSA) is 114 Å². The molecule has 3 rings (SSSR count). The molecular formula is C30H38N2O6. The van der Waals surface area contributed by atoms with E-state index in [1.54, 1.807) is 0 Å². The summed E-state index contributed by atoms with van der Waals surface area (Å²) in [5.74, 6) is -1.68. The molecule has 0 aliphatic carbocycles. The van der Waals surface area contributed by atoms with Crippen LogP contribution < -0.4 is 10.6 Å². The van der Waals surface area contributed by atoms with E-state index in [4.69, 9.17) is 14.6 Å². The Morgan fingerprint density at radius 1 is 1.00 bits per heavy atom. The van der Waals surface area contributed by atoms with Crippen molar-refractivity contribution >= 4 is 17.8 Å². The van der Waals surface area contributed by atoms with E-state index in [9.17, 15) is 14.4 Å². The van der Waals surface area contributed by atoms with Gasteiger partial charge in [-0.15, -0.1) is 0 Å². The molecule has 0 spiro atoms. The maximum atomic E-state index is 13.3. The fourth-order valence-corrected chi connectivity index (χ4v) is 4.36. The number of hydrogen-bond acceptors (Lipinski definition) is 6. The standard InChI is InChI=1S/C30H38N2O6/c33-17-19-37-18-16-31-28(34)21-25-14-8-3-9-15-26(20-23-10-4-1-5-11-23)30(36)38-27(22-32-29(25)35)24-12-6-2-7-13-24/h1-8,10-13,25-27,33H,9,14-22H2,(H,31,34)(H,32,35)/t25-,26-,27+/m1/s1. The summed E-state index contributed by atoms with van der Waals surface area (Å²) in [4.78, 5) is 38.9. The van der Waals surface area contributed by atoms with Crippen LogP contribution in [-0.2, 0) is 30.3 Å². The predicted molar refractivity (Wildman–Crippen MR) is 144 cm³/mol. The zero-order valence-corrected chi connectivity index (χ0v) is 21.7. The number of rotatable bonds is 10. The molecule has 2 aromatic carbocycles. The minimum absolute atomic E-state index is 0.0304. The number of nitrogens with one attached hydrogen (secondary N) is 2. The maximum absolute atomic E-state index is 13.3. The maximum Gasteiger partial charge on any atom is 0.309 e. The Bertz CT molecular complexity index is 1030. The monoisotopic (exact) mass is 522 g/mol. The van der Waals surface area contributed by atoms with Gasteiger partial charge in [0.25, 0.3) is 0 Å². The van der Waals surface area contributed by atoms with Crippen LogP contribution in [0.4, 0.5) is 0 Å². The van der Waals surface area contributed by atoms with Crippen LogP contribution in [0.5, 0.6) is 0 Å². The van der Waals surface area contributed by atoms with E-state index in [0.29, 0.717) is 32.2 Å². The van der Waals surface area contributed by atoms with Gasteiger partial charge in [0, 0.05) is 13.0 Å². The molecule has 0 radical (unpaired) electrons. The lowest BCUT2D eigenvalue weighted by atomic mass is 9.94. The fourth-order valence-electron chi connectivity index (χ4n) is 4.36. The lowest BCUT2D eigenvalue weighted by Crippen LogP contribution is -2.38. The van der Waals surface area contributed by atoms with Gasteiger partial charge in [0.1, 0.15) is 6.10 Å². The zero-order chi connectivity index (χ0) is 27.0. The number of carbonyl (C=O) groups excluding carboxylic acids is 3. The summed E-state index contributed by atoms with van der Waals surface area (Å²) < 4.78 is 11.2. The number of esters is 1. The number of hydrogen-bond donors (Lipinski definition) is 3. The summed E-state index contributed by atoms with van der Waals surface area (Å²) >= 11 is 0. The Morgan fingerprint density at radius 2 is 1.74 bits per heavy atom. The third-order valence-corrected chi connectivity index (χ3v) is 6.43. The van der Waals surface area contributed by atoms with Crippen molar-refractivity contribution < 1.29 is 29.0 Å². The Labute approximate surface area is 224 Å². The molecule has 2 amide bonds. The highest BCUT2D eigenvalue weighted by atomic mass is 16.5. The Morgan fingerprint density at radius 3 is 2.47 bits per heavy atom. The van der Waals surface area contributed by atoms with Gasteiger partial charge < -0.3 is 25.2 Å². The zero-order valence-electron chi connectivity index (χ0n) is 21.7. The molecule has 1 aliphatic rings. The lowest BCUT2D eigenvalue weighted by Gasteiger charge is -2.23. The van der Waals surface area contributed by atoms with E-state index in [1.807, 2.05) is 72.8 Å². The summed E-state index contributed by atoms with van der Waals surface area (Å²) in [5, 5.41) is 14.4. The van der Waals surface area contributed by atoms with E-state index >= 15 is 0 Å². The van der Waals surface area contributed by atoms with Gasteiger partial charge in [-0.2, -0.15) is 0 Å². The number of benzene rings is 2. The fraction of sp³-hybridized carbons (Fsp3) is 0.433. The van der Waals surface area contributed by atoms with Crippen molar-refractivity contribution in [2.45, 2.75) is 38.2 Å². The molecule has 8 heteroatoms. The summed E-state index contributed by atoms with van der Waals surface area (Å²) in [5.41, 5.74) is 1.87. The Kier molecular flexibility index (Phi) is 12.5. The van der Waals surface area contributed by atoms with E-state index in [1.165, 1.54) is 0 Å². The van der Waals surface area contributed by atoms with Crippen LogP contribution in [0.25, 0.3) is 0 Å². The highest BCUT2D eigenvalue weighted by molar-refractivity contribution is 5.86. The van der Waals surface area contributed by atoms with Crippen LogP contribution in [0.15, 0.2) is 72.8 Å². The Hall–Kier alpha value is -3.49. The number of carbonyl (C=O) groups is 3. The number of amides is 2. The van der Waals surface area contributed by atoms with Crippen molar-refractivity contribution in [3.63, 3.8) is 0 Å². The second-order valence-corrected chi connectivity index (χ2v) is 9.34. The third kappa shape index (κ3) is 10.1. The molecule has 0 aromatic heterocycles. The average Bonchev–Trinajstić information content (AvgIpc) is 2.95. The quantitative estimate of drug-likeness (QED) is 0.251. The second kappa shape index (κ2) is 16.4. The molecule has 204 valence electrons. The van der Waals surface area contributed by atoms with Crippen LogP contribution in [0, 0.1) is 11.8 Å². The van der Waals surface area contributed by atoms with Crippen molar-refractivity contribution in [3.05, 3.63) is 83.9 Å². The van der Waals surface area contributed by atoms with Gasteiger partial charge in [-0.1, -0.05) is 72.8 Å². The highest BCUT2D eigenvalue weighted by Gasteiger charge is 2.27. The summed E-state index contributed by atoms with van der Waals surface area (Å²) in [6.07, 6.45) is 5.54. The average molecular weight is 523 g/mol. The van der Waals surface area contributed by atoms with Gasteiger partial charge in [0.2, 0.25) is 11.8 Å². The van der Waals surface area contributed by atoms with Crippen LogP contribution in [-0.4, -0.2) is 55.8 Å². The van der Waals surface area contributed by atoms with Crippen molar-refractivity contribution in [3.8, 4) is 0 Å². The van der Waals surface area contributed by atoms with Gasteiger partial charge in [-0.05, 0) is 36.8 Å². The summed E-state index contributed by atoms with van der Waals surface area (Å²) in [6, 6.07) is 19.3. The lowest BCUT2D eigenvalue weighted by molar-refractivity contribution is -0.155.